The minimum Gasteiger partial charge on any atom is -0.493 e. The van der Waals surface area contributed by atoms with E-state index in [2.05, 4.69) is 5.32 Å². The molecule has 1 heterocycles. The second-order valence-electron chi connectivity index (χ2n) is 5.97. The molecule has 26 heavy (non-hydrogen) atoms. The number of amides is 2. The van der Waals surface area contributed by atoms with Crippen molar-refractivity contribution in [3.05, 3.63) is 23.8 Å². The monoisotopic (exact) mass is 374 g/mol. The molecule has 1 fully saturated rings. The van der Waals surface area contributed by atoms with Gasteiger partial charge >= 0.3 is 6.18 Å². The first-order chi connectivity index (χ1) is 12.3. The normalized spacial score (nSPS) is 17.6. The van der Waals surface area contributed by atoms with Crippen LogP contribution in [-0.2, 0) is 4.79 Å². The molecule has 9 heteroatoms. The minimum atomic E-state index is -4.32. The lowest BCUT2D eigenvalue weighted by Gasteiger charge is -2.33. The zero-order valence-corrected chi connectivity index (χ0v) is 14.6. The first-order valence-electron chi connectivity index (χ1n) is 8.11. The molecule has 0 unspecified atom stereocenters. The number of alkyl halides is 3. The van der Waals surface area contributed by atoms with E-state index < -0.39 is 23.9 Å². The highest BCUT2D eigenvalue weighted by Gasteiger charge is 2.42. The Morgan fingerprint density at radius 1 is 1.23 bits per heavy atom. The molecule has 1 aliphatic rings. The number of hydrogen-bond donors (Lipinski definition) is 1. The molecule has 0 radical (unpaired) electrons. The van der Waals surface area contributed by atoms with Crippen LogP contribution in [0.3, 0.4) is 0 Å². The van der Waals surface area contributed by atoms with Crippen LogP contribution in [0.15, 0.2) is 18.2 Å². The number of ether oxygens (including phenoxy) is 2. The van der Waals surface area contributed by atoms with E-state index in [1.54, 1.807) is 6.07 Å². The maximum atomic E-state index is 12.8. The van der Waals surface area contributed by atoms with Crippen molar-refractivity contribution in [1.29, 1.82) is 0 Å². The van der Waals surface area contributed by atoms with Crippen LogP contribution in [0.25, 0.3) is 0 Å². The van der Waals surface area contributed by atoms with Gasteiger partial charge in [0.05, 0.1) is 26.7 Å². The SMILES string of the molecule is COc1ccc(C(=O)NCC(=O)N2CCC[C@H](C(F)(F)F)C2)cc1OC. The van der Waals surface area contributed by atoms with E-state index in [1.165, 1.54) is 26.4 Å². The summed E-state index contributed by atoms with van der Waals surface area (Å²) in [4.78, 5) is 25.4. The molecule has 1 N–H and O–H groups in total. The Labute approximate surface area is 149 Å². The molecule has 2 amide bonds. The highest BCUT2D eigenvalue weighted by atomic mass is 19.4. The van der Waals surface area contributed by atoms with E-state index in [0.29, 0.717) is 17.9 Å². The van der Waals surface area contributed by atoms with Gasteiger partial charge in [0.25, 0.3) is 5.91 Å². The van der Waals surface area contributed by atoms with Gasteiger partial charge in [0.15, 0.2) is 11.5 Å². The average Bonchev–Trinajstić information content (AvgIpc) is 2.64. The lowest BCUT2D eigenvalue weighted by Crippen LogP contribution is -2.48. The predicted molar refractivity (Wildman–Crippen MR) is 87.2 cm³/mol. The number of piperidine rings is 1. The van der Waals surface area contributed by atoms with Crippen LogP contribution in [0.2, 0.25) is 0 Å². The Hall–Kier alpha value is -2.45. The van der Waals surface area contributed by atoms with Crippen LogP contribution >= 0.6 is 0 Å². The molecular formula is C17H21F3N2O4. The predicted octanol–water partition coefficient (Wildman–Crippen LogP) is 2.23. The molecule has 1 saturated heterocycles. The van der Waals surface area contributed by atoms with Gasteiger partial charge in [-0.2, -0.15) is 13.2 Å². The van der Waals surface area contributed by atoms with E-state index >= 15 is 0 Å². The average molecular weight is 374 g/mol. The molecule has 1 atom stereocenters. The van der Waals surface area contributed by atoms with Gasteiger partial charge in [-0.3, -0.25) is 9.59 Å². The number of nitrogens with one attached hydrogen (secondary N) is 1. The van der Waals surface area contributed by atoms with Gasteiger partial charge in [0.1, 0.15) is 0 Å². The standard InChI is InChI=1S/C17H21F3N2O4/c1-25-13-6-5-11(8-14(13)26-2)16(24)21-9-15(23)22-7-3-4-12(10-22)17(18,19)20/h5-6,8,12H,3-4,7,9-10H2,1-2H3,(H,21,24)/t12-/m0/s1. The molecule has 1 aromatic rings. The number of hydrogen-bond acceptors (Lipinski definition) is 4. The largest absolute Gasteiger partial charge is 0.493 e. The molecular weight excluding hydrogens is 353 g/mol. The third kappa shape index (κ3) is 4.80. The molecule has 6 nitrogen and oxygen atoms in total. The summed E-state index contributed by atoms with van der Waals surface area (Å²) in [7, 11) is 2.89. The lowest BCUT2D eigenvalue weighted by atomic mass is 9.97. The van der Waals surface area contributed by atoms with Crippen molar-refractivity contribution in [1.82, 2.24) is 10.2 Å². The van der Waals surface area contributed by atoms with E-state index in [0.717, 1.165) is 4.90 Å². The van der Waals surface area contributed by atoms with E-state index in [1.807, 2.05) is 0 Å². The van der Waals surface area contributed by atoms with Crippen LogP contribution in [0.5, 0.6) is 11.5 Å². The number of carbonyl (C=O) groups excluding carboxylic acids is 2. The van der Waals surface area contributed by atoms with Crippen molar-refractivity contribution in [2.24, 2.45) is 5.92 Å². The van der Waals surface area contributed by atoms with E-state index in [4.69, 9.17) is 9.47 Å². The summed E-state index contributed by atoms with van der Waals surface area (Å²) < 4.78 is 48.6. The van der Waals surface area contributed by atoms with Crippen LogP contribution in [0.1, 0.15) is 23.2 Å². The zero-order valence-electron chi connectivity index (χ0n) is 14.6. The van der Waals surface area contributed by atoms with Crippen LogP contribution in [0.4, 0.5) is 13.2 Å². The van der Waals surface area contributed by atoms with Crippen molar-refractivity contribution in [2.75, 3.05) is 33.9 Å². The summed E-state index contributed by atoms with van der Waals surface area (Å²) >= 11 is 0. The molecule has 2 rings (SSSR count). The van der Waals surface area contributed by atoms with Gasteiger partial charge in [-0.25, -0.2) is 0 Å². The number of likely N-dealkylation sites (tertiary alicyclic amines) is 1. The van der Waals surface area contributed by atoms with Gasteiger partial charge in [-0.05, 0) is 31.0 Å². The van der Waals surface area contributed by atoms with Gasteiger partial charge < -0.3 is 19.7 Å². The van der Waals surface area contributed by atoms with Crippen molar-refractivity contribution in [3.8, 4) is 11.5 Å². The fraction of sp³-hybridized carbons (Fsp3) is 0.529. The number of carbonyl (C=O) groups is 2. The zero-order chi connectivity index (χ0) is 19.3. The molecule has 144 valence electrons. The molecule has 0 saturated carbocycles. The Morgan fingerprint density at radius 2 is 1.92 bits per heavy atom. The second kappa shape index (κ2) is 8.29. The maximum absolute atomic E-state index is 12.8. The molecule has 0 aliphatic carbocycles. The van der Waals surface area contributed by atoms with Crippen molar-refractivity contribution in [2.45, 2.75) is 19.0 Å². The molecule has 0 spiro atoms. The Morgan fingerprint density at radius 3 is 2.54 bits per heavy atom. The van der Waals surface area contributed by atoms with Crippen molar-refractivity contribution >= 4 is 11.8 Å². The number of nitrogens with zero attached hydrogens (tertiary/aromatic N) is 1. The Bertz CT molecular complexity index is 664. The molecule has 0 bridgehead atoms. The van der Waals surface area contributed by atoms with Crippen LogP contribution in [-0.4, -0.2) is 56.7 Å². The summed E-state index contributed by atoms with van der Waals surface area (Å²) in [5.41, 5.74) is 0.252. The van der Waals surface area contributed by atoms with Gasteiger partial charge in [0, 0.05) is 18.7 Å². The fourth-order valence-electron chi connectivity index (χ4n) is 2.82. The van der Waals surface area contributed by atoms with Gasteiger partial charge in [-0.1, -0.05) is 0 Å². The highest BCUT2D eigenvalue weighted by Crippen LogP contribution is 2.33. The van der Waals surface area contributed by atoms with Gasteiger partial charge in [0.2, 0.25) is 5.91 Å². The van der Waals surface area contributed by atoms with Gasteiger partial charge in [-0.15, -0.1) is 0 Å². The highest BCUT2D eigenvalue weighted by molar-refractivity contribution is 5.97. The smallest absolute Gasteiger partial charge is 0.393 e. The Kier molecular flexibility index (Phi) is 6.33. The number of rotatable bonds is 5. The summed E-state index contributed by atoms with van der Waals surface area (Å²) in [6.07, 6.45) is -4.01. The van der Waals surface area contributed by atoms with E-state index in [-0.39, 0.29) is 31.6 Å². The fourth-order valence-corrected chi connectivity index (χ4v) is 2.82. The number of methoxy groups -OCH3 is 2. The third-order valence-electron chi connectivity index (χ3n) is 4.28. The van der Waals surface area contributed by atoms with Crippen molar-refractivity contribution < 1.29 is 32.2 Å². The molecule has 0 aromatic heterocycles. The summed E-state index contributed by atoms with van der Waals surface area (Å²) in [6.45, 7) is -0.468. The van der Waals surface area contributed by atoms with Crippen molar-refractivity contribution in [3.63, 3.8) is 0 Å². The number of halogens is 3. The second-order valence-corrected chi connectivity index (χ2v) is 5.97. The quantitative estimate of drug-likeness (QED) is 0.858. The maximum Gasteiger partial charge on any atom is 0.393 e. The molecule has 1 aliphatic heterocycles. The van der Waals surface area contributed by atoms with Crippen LogP contribution < -0.4 is 14.8 Å². The van der Waals surface area contributed by atoms with E-state index in [9.17, 15) is 22.8 Å². The lowest BCUT2D eigenvalue weighted by molar-refractivity contribution is -0.187. The summed E-state index contributed by atoms with van der Waals surface area (Å²) in [5, 5.41) is 2.43. The van der Waals surface area contributed by atoms with Crippen LogP contribution in [0, 0.1) is 5.92 Å². The number of benzene rings is 1. The summed E-state index contributed by atoms with van der Waals surface area (Å²) in [6, 6.07) is 4.51. The Balaban J connectivity index is 1.93. The molecule has 1 aromatic carbocycles. The summed E-state index contributed by atoms with van der Waals surface area (Å²) in [5.74, 6) is -1.76. The first kappa shape index (κ1) is 19.9. The first-order valence-corrected chi connectivity index (χ1v) is 8.11. The third-order valence-corrected chi connectivity index (χ3v) is 4.28. The minimum absolute atomic E-state index is 0.0191. The topological polar surface area (TPSA) is 67.9 Å².